The van der Waals surface area contributed by atoms with Gasteiger partial charge in [0.25, 0.3) is 0 Å². The molecule has 2 N–H and O–H groups in total. The Morgan fingerprint density at radius 2 is 2.18 bits per heavy atom. The molecule has 0 radical (unpaired) electrons. The van der Waals surface area contributed by atoms with E-state index in [4.69, 9.17) is 10.5 Å². The summed E-state index contributed by atoms with van der Waals surface area (Å²) in [5.74, 6) is 0.655. The molecule has 1 amide bonds. The molecule has 98 valence electrons. The van der Waals surface area contributed by atoms with Crippen molar-refractivity contribution in [2.45, 2.75) is 57.7 Å². The summed E-state index contributed by atoms with van der Waals surface area (Å²) >= 11 is 0. The maximum absolute atomic E-state index is 12.3. The van der Waals surface area contributed by atoms with E-state index in [0.717, 1.165) is 19.4 Å². The van der Waals surface area contributed by atoms with Gasteiger partial charge in [-0.3, -0.25) is 4.79 Å². The molecule has 2 fully saturated rings. The zero-order valence-corrected chi connectivity index (χ0v) is 10.9. The number of nitrogens with two attached hydrogens (primary N) is 1. The highest BCUT2D eigenvalue weighted by Gasteiger charge is 2.32. The lowest BCUT2D eigenvalue weighted by Crippen LogP contribution is -2.51. The van der Waals surface area contributed by atoms with Crippen molar-refractivity contribution in [2.24, 2.45) is 11.7 Å². The first-order chi connectivity index (χ1) is 8.09. The summed E-state index contributed by atoms with van der Waals surface area (Å²) in [6, 6.07) is 0.418. The SMILES string of the molecule is CC1OCCN(C(=O)C[C@@H]2CCC[C@H]2N)C1C. The lowest BCUT2D eigenvalue weighted by Gasteiger charge is -2.38. The largest absolute Gasteiger partial charge is 0.375 e. The van der Waals surface area contributed by atoms with Gasteiger partial charge in [0, 0.05) is 19.0 Å². The van der Waals surface area contributed by atoms with Gasteiger partial charge in [-0.05, 0) is 32.6 Å². The Balaban J connectivity index is 1.90. The molecular formula is C13H24N2O2. The fraction of sp³-hybridized carbons (Fsp3) is 0.923. The van der Waals surface area contributed by atoms with Crippen molar-refractivity contribution in [3.05, 3.63) is 0 Å². The van der Waals surface area contributed by atoms with Crippen LogP contribution in [-0.4, -0.2) is 42.1 Å². The summed E-state index contributed by atoms with van der Waals surface area (Å²) in [6.45, 7) is 5.49. The number of hydrogen-bond donors (Lipinski definition) is 1. The Bertz CT molecular complexity index is 283. The smallest absolute Gasteiger partial charge is 0.223 e. The number of amides is 1. The highest BCUT2D eigenvalue weighted by Crippen LogP contribution is 2.28. The molecule has 4 atom stereocenters. The van der Waals surface area contributed by atoms with Gasteiger partial charge in [-0.1, -0.05) is 6.42 Å². The van der Waals surface area contributed by atoms with Gasteiger partial charge in [-0.2, -0.15) is 0 Å². The summed E-state index contributed by atoms with van der Waals surface area (Å²) in [7, 11) is 0. The minimum Gasteiger partial charge on any atom is -0.375 e. The van der Waals surface area contributed by atoms with Crippen LogP contribution in [-0.2, 0) is 9.53 Å². The number of carbonyl (C=O) groups is 1. The monoisotopic (exact) mass is 240 g/mol. The quantitative estimate of drug-likeness (QED) is 0.787. The Morgan fingerprint density at radius 1 is 1.41 bits per heavy atom. The maximum Gasteiger partial charge on any atom is 0.223 e. The standard InChI is InChI=1S/C13H24N2O2/c1-9-10(2)17-7-6-15(9)13(16)8-11-4-3-5-12(11)14/h9-12H,3-8,14H2,1-2H3/t9?,10?,11-,12+/m0/s1. The van der Waals surface area contributed by atoms with E-state index in [-0.39, 0.29) is 24.1 Å². The van der Waals surface area contributed by atoms with E-state index >= 15 is 0 Å². The van der Waals surface area contributed by atoms with Gasteiger partial charge < -0.3 is 15.4 Å². The molecule has 17 heavy (non-hydrogen) atoms. The number of ether oxygens (including phenoxy) is 1. The molecule has 2 aliphatic rings. The Kier molecular flexibility index (Phi) is 4.05. The summed E-state index contributed by atoms with van der Waals surface area (Å²) in [5, 5.41) is 0. The summed E-state index contributed by atoms with van der Waals surface area (Å²) in [5.41, 5.74) is 6.02. The van der Waals surface area contributed by atoms with E-state index in [1.165, 1.54) is 6.42 Å². The van der Waals surface area contributed by atoms with Crippen LogP contribution in [0.2, 0.25) is 0 Å². The van der Waals surface area contributed by atoms with Crippen LogP contribution in [0.4, 0.5) is 0 Å². The van der Waals surface area contributed by atoms with E-state index in [1.54, 1.807) is 0 Å². The first-order valence-electron chi connectivity index (χ1n) is 6.76. The highest BCUT2D eigenvalue weighted by molar-refractivity contribution is 5.77. The van der Waals surface area contributed by atoms with Crippen LogP contribution in [0.15, 0.2) is 0 Å². The second-order valence-electron chi connectivity index (χ2n) is 5.46. The van der Waals surface area contributed by atoms with Gasteiger partial charge in [0.2, 0.25) is 5.91 Å². The van der Waals surface area contributed by atoms with E-state index in [9.17, 15) is 4.79 Å². The van der Waals surface area contributed by atoms with Gasteiger partial charge in [0.15, 0.2) is 0 Å². The first-order valence-corrected chi connectivity index (χ1v) is 6.76. The third-order valence-electron chi connectivity index (χ3n) is 4.36. The van der Waals surface area contributed by atoms with Crippen molar-refractivity contribution in [3.8, 4) is 0 Å². The van der Waals surface area contributed by atoms with E-state index < -0.39 is 0 Å². The van der Waals surface area contributed by atoms with Crippen molar-refractivity contribution in [1.82, 2.24) is 4.90 Å². The highest BCUT2D eigenvalue weighted by atomic mass is 16.5. The molecule has 0 bridgehead atoms. The fourth-order valence-electron chi connectivity index (χ4n) is 2.95. The molecule has 0 aromatic carbocycles. The van der Waals surface area contributed by atoms with Crippen LogP contribution in [0.1, 0.15) is 39.5 Å². The van der Waals surface area contributed by atoms with E-state index in [1.807, 2.05) is 11.8 Å². The minimum atomic E-state index is 0.143. The molecule has 4 heteroatoms. The average Bonchev–Trinajstić information content (AvgIpc) is 2.68. The van der Waals surface area contributed by atoms with Crippen LogP contribution in [0.5, 0.6) is 0 Å². The fourth-order valence-corrected chi connectivity index (χ4v) is 2.95. The van der Waals surface area contributed by atoms with Gasteiger partial charge in [0.1, 0.15) is 0 Å². The normalized spacial score (nSPS) is 38.4. The molecule has 2 rings (SSSR count). The van der Waals surface area contributed by atoms with Crippen molar-refractivity contribution in [1.29, 1.82) is 0 Å². The van der Waals surface area contributed by atoms with Crippen LogP contribution in [0, 0.1) is 5.92 Å². The predicted molar refractivity (Wildman–Crippen MR) is 66.5 cm³/mol. The molecular weight excluding hydrogens is 216 g/mol. The molecule has 1 heterocycles. The van der Waals surface area contributed by atoms with Gasteiger partial charge in [-0.15, -0.1) is 0 Å². The van der Waals surface area contributed by atoms with Crippen molar-refractivity contribution in [3.63, 3.8) is 0 Å². The van der Waals surface area contributed by atoms with Crippen LogP contribution >= 0.6 is 0 Å². The molecule has 0 spiro atoms. The zero-order valence-electron chi connectivity index (χ0n) is 10.9. The molecule has 1 aliphatic carbocycles. The van der Waals surface area contributed by atoms with Crippen LogP contribution in [0.25, 0.3) is 0 Å². The molecule has 1 aliphatic heterocycles. The number of hydrogen-bond acceptors (Lipinski definition) is 3. The molecule has 4 nitrogen and oxygen atoms in total. The molecule has 1 saturated carbocycles. The Labute approximate surface area is 103 Å². The lowest BCUT2D eigenvalue weighted by atomic mass is 9.98. The predicted octanol–water partition coefficient (Wildman–Crippen LogP) is 1.14. The van der Waals surface area contributed by atoms with Gasteiger partial charge in [-0.25, -0.2) is 0 Å². The maximum atomic E-state index is 12.3. The molecule has 0 aromatic rings. The van der Waals surface area contributed by atoms with Crippen molar-refractivity contribution in [2.75, 3.05) is 13.2 Å². The van der Waals surface area contributed by atoms with Crippen LogP contribution < -0.4 is 5.73 Å². The summed E-state index contributed by atoms with van der Waals surface area (Å²) in [6.07, 6.45) is 4.13. The molecule has 2 unspecified atom stereocenters. The first kappa shape index (κ1) is 12.8. The Morgan fingerprint density at radius 3 is 2.82 bits per heavy atom. The number of carbonyl (C=O) groups excluding carboxylic acids is 1. The second-order valence-corrected chi connectivity index (χ2v) is 5.46. The van der Waals surface area contributed by atoms with E-state index in [0.29, 0.717) is 18.9 Å². The average molecular weight is 240 g/mol. The molecule has 1 saturated heterocycles. The van der Waals surface area contributed by atoms with Crippen molar-refractivity contribution >= 4 is 5.91 Å². The summed E-state index contributed by atoms with van der Waals surface area (Å²) in [4.78, 5) is 14.2. The lowest BCUT2D eigenvalue weighted by molar-refractivity contribution is -0.145. The third kappa shape index (κ3) is 2.80. The number of rotatable bonds is 2. The summed E-state index contributed by atoms with van der Waals surface area (Å²) < 4.78 is 5.54. The van der Waals surface area contributed by atoms with Gasteiger partial charge >= 0.3 is 0 Å². The Hall–Kier alpha value is -0.610. The topological polar surface area (TPSA) is 55.6 Å². The third-order valence-corrected chi connectivity index (χ3v) is 4.36. The number of morpholine rings is 1. The van der Waals surface area contributed by atoms with Crippen molar-refractivity contribution < 1.29 is 9.53 Å². The van der Waals surface area contributed by atoms with Crippen LogP contribution in [0.3, 0.4) is 0 Å². The second kappa shape index (κ2) is 5.36. The molecule has 0 aromatic heterocycles. The van der Waals surface area contributed by atoms with Gasteiger partial charge in [0.05, 0.1) is 18.8 Å². The minimum absolute atomic E-state index is 0.143. The number of nitrogens with zero attached hydrogens (tertiary/aromatic N) is 1. The van der Waals surface area contributed by atoms with E-state index in [2.05, 4.69) is 6.92 Å². The zero-order chi connectivity index (χ0) is 12.4.